The van der Waals surface area contributed by atoms with Gasteiger partial charge in [0.1, 0.15) is 0 Å². The first-order chi connectivity index (χ1) is 13.3. The zero-order chi connectivity index (χ0) is 18.5. The average molecular weight is 381 g/mol. The first-order valence-electron chi connectivity index (χ1n) is 8.63. The quantitative estimate of drug-likeness (QED) is 0.718. The van der Waals surface area contributed by atoms with Crippen LogP contribution in [0.25, 0.3) is 11.1 Å². The van der Waals surface area contributed by atoms with Crippen LogP contribution in [0.15, 0.2) is 53.5 Å². The van der Waals surface area contributed by atoms with E-state index in [1.165, 1.54) is 0 Å². The highest BCUT2D eigenvalue weighted by atomic mass is 32.1. The topological polar surface area (TPSA) is 79.4 Å². The van der Waals surface area contributed by atoms with Crippen molar-refractivity contribution in [2.45, 2.75) is 0 Å². The molecular weight excluding hydrogens is 362 g/mol. The van der Waals surface area contributed by atoms with Gasteiger partial charge in [-0.3, -0.25) is 0 Å². The number of nitrogens with one attached hydrogen (secondary N) is 2. The Bertz CT molecular complexity index is 875. The third kappa shape index (κ3) is 4.42. The summed E-state index contributed by atoms with van der Waals surface area (Å²) in [5.41, 5.74) is 3.70. The molecule has 1 saturated heterocycles. The fourth-order valence-corrected chi connectivity index (χ4v) is 3.37. The molecule has 1 aromatic carbocycles. The highest BCUT2D eigenvalue weighted by Crippen LogP contribution is 2.22. The summed E-state index contributed by atoms with van der Waals surface area (Å²) in [5.74, 6) is 0.527. The number of carbonyl (C=O) groups is 1. The summed E-state index contributed by atoms with van der Waals surface area (Å²) < 4.78 is 5.26. The van der Waals surface area contributed by atoms with Gasteiger partial charge in [-0.1, -0.05) is 0 Å². The van der Waals surface area contributed by atoms with E-state index in [2.05, 4.69) is 26.0 Å². The van der Waals surface area contributed by atoms with Crippen molar-refractivity contribution in [3.8, 4) is 11.1 Å². The molecule has 8 heteroatoms. The van der Waals surface area contributed by atoms with Crippen LogP contribution >= 0.6 is 11.3 Å². The predicted octanol–water partition coefficient (Wildman–Crippen LogP) is 3.81. The van der Waals surface area contributed by atoms with Gasteiger partial charge in [0.2, 0.25) is 5.95 Å². The van der Waals surface area contributed by atoms with Gasteiger partial charge in [0.15, 0.2) is 0 Å². The van der Waals surface area contributed by atoms with Crippen LogP contribution in [-0.4, -0.2) is 47.2 Å². The summed E-state index contributed by atoms with van der Waals surface area (Å²) in [6.45, 7) is 2.40. The van der Waals surface area contributed by atoms with Crippen molar-refractivity contribution in [1.29, 1.82) is 0 Å². The molecule has 2 N–H and O–H groups in total. The fourth-order valence-electron chi connectivity index (χ4n) is 2.71. The number of ether oxygens (including phenoxy) is 1. The molecular formula is C19H19N5O2S. The number of anilines is 3. The van der Waals surface area contributed by atoms with Crippen LogP contribution in [0.2, 0.25) is 0 Å². The largest absolute Gasteiger partial charge is 0.378 e. The molecule has 3 heterocycles. The Morgan fingerprint density at radius 1 is 1.00 bits per heavy atom. The highest BCUT2D eigenvalue weighted by molar-refractivity contribution is 7.08. The molecule has 0 atom stereocenters. The number of aromatic nitrogens is 2. The van der Waals surface area contributed by atoms with Gasteiger partial charge in [-0.15, -0.1) is 0 Å². The molecule has 2 amide bonds. The molecule has 1 aliphatic heterocycles. The minimum Gasteiger partial charge on any atom is -0.378 e. The maximum atomic E-state index is 12.2. The molecule has 0 saturated carbocycles. The van der Waals surface area contributed by atoms with Crippen LogP contribution in [0.5, 0.6) is 0 Å². The third-order valence-electron chi connectivity index (χ3n) is 4.20. The van der Waals surface area contributed by atoms with Crippen LogP contribution in [0, 0.1) is 0 Å². The van der Waals surface area contributed by atoms with E-state index in [1.54, 1.807) is 28.6 Å². The van der Waals surface area contributed by atoms with Gasteiger partial charge in [0.05, 0.1) is 13.2 Å². The van der Waals surface area contributed by atoms with Crippen molar-refractivity contribution in [2.75, 3.05) is 36.9 Å². The monoisotopic (exact) mass is 381 g/mol. The Kier molecular flexibility index (Phi) is 5.27. The molecule has 0 spiro atoms. The lowest BCUT2D eigenvalue weighted by atomic mass is 10.2. The number of hydrogen-bond acceptors (Lipinski definition) is 6. The second-order valence-corrected chi connectivity index (χ2v) is 6.82. The first kappa shape index (κ1) is 17.4. The standard InChI is InChI=1S/C19H19N5O2S/c25-19(24-6-8-26-9-7-24)23-17-3-1-16(2-4-17)22-18-20-11-15(12-21-18)14-5-10-27-13-14/h1-5,10-13H,6-9H2,(H,23,25)(H,20,21,22). The summed E-state index contributed by atoms with van der Waals surface area (Å²) >= 11 is 1.65. The SMILES string of the molecule is O=C(Nc1ccc(Nc2ncc(-c3ccsc3)cn2)cc1)N1CCOCC1. The molecule has 3 aromatic rings. The summed E-state index contributed by atoms with van der Waals surface area (Å²) in [4.78, 5) is 22.7. The summed E-state index contributed by atoms with van der Waals surface area (Å²) in [5, 5.41) is 10.2. The fraction of sp³-hybridized carbons (Fsp3) is 0.211. The second-order valence-electron chi connectivity index (χ2n) is 6.04. The molecule has 138 valence electrons. The molecule has 1 aliphatic rings. The van der Waals surface area contributed by atoms with Crippen LogP contribution in [0.1, 0.15) is 0 Å². The van der Waals surface area contributed by atoms with Crippen molar-refractivity contribution in [3.05, 3.63) is 53.5 Å². The van der Waals surface area contributed by atoms with Crippen molar-refractivity contribution < 1.29 is 9.53 Å². The van der Waals surface area contributed by atoms with Crippen LogP contribution < -0.4 is 10.6 Å². The van der Waals surface area contributed by atoms with Crippen LogP contribution in [0.3, 0.4) is 0 Å². The van der Waals surface area contributed by atoms with Crippen LogP contribution in [0.4, 0.5) is 22.1 Å². The van der Waals surface area contributed by atoms with Gasteiger partial charge in [-0.05, 0) is 46.7 Å². The van der Waals surface area contributed by atoms with Crippen molar-refractivity contribution in [1.82, 2.24) is 14.9 Å². The summed E-state index contributed by atoms with van der Waals surface area (Å²) in [6.07, 6.45) is 3.60. The van der Waals surface area contributed by atoms with Gasteiger partial charge in [0, 0.05) is 42.4 Å². The number of morpholine rings is 1. The van der Waals surface area contributed by atoms with E-state index in [1.807, 2.05) is 35.7 Å². The van der Waals surface area contributed by atoms with Crippen LogP contribution in [-0.2, 0) is 4.74 Å². The van der Waals surface area contributed by atoms with E-state index in [9.17, 15) is 4.79 Å². The van der Waals surface area contributed by atoms with Crippen molar-refractivity contribution in [3.63, 3.8) is 0 Å². The lowest BCUT2D eigenvalue weighted by Crippen LogP contribution is -2.43. The van der Waals surface area contributed by atoms with E-state index < -0.39 is 0 Å². The molecule has 0 aliphatic carbocycles. The van der Waals surface area contributed by atoms with E-state index >= 15 is 0 Å². The number of nitrogens with zero attached hydrogens (tertiary/aromatic N) is 3. The number of urea groups is 1. The maximum absolute atomic E-state index is 12.2. The molecule has 7 nitrogen and oxygen atoms in total. The second kappa shape index (κ2) is 8.15. The molecule has 1 fully saturated rings. The number of hydrogen-bond donors (Lipinski definition) is 2. The lowest BCUT2D eigenvalue weighted by Gasteiger charge is -2.26. The van der Waals surface area contributed by atoms with Gasteiger partial charge in [0.25, 0.3) is 0 Å². The van der Waals surface area contributed by atoms with Gasteiger partial charge in [-0.2, -0.15) is 11.3 Å². The Balaban J connectivity index is 1.35. The molecule has 4 rings (SSSR count). The summed E-state index contributed by atoms with van der Waals surface area (Å²) in [6, 6.07) is 9.39. The Morgan fingerprint density at radius 3 is 2.37 bits per heavy atom. The van der Waals surface area contributed by atoms with Gasteiger partial charge in [-0.25, -0.2) is 14.8 Å². The number of amides is 2. The molecule has 0 unspecified atom stereocenters. The zero-order valence-electron chi connectivity index (χ0n) is 14.6. The molecule has 2 aromatic heterocycles. The number of thiophene rings is 1. The van der Waals surface area contributed by atoms with Crippen molar-refractivity contribution >= 4 is 34.7 Å². The molecule has 0 radical (unpaired) electrons. The minimum atomic E-state index is -0.105. The first-order valence-corrected chi connectivity index (χ1v) is 9.57. The normalized spacial score (nSPS) is 14.0. The Morgan fingerprint density at radius 2 is 1.70 bits per heavy atom. The smallest absolute Gasteiger partial charge is 0.321 e. The van der Waals surface area contributed by atoms with Gasteiger partial charge < -0.3 is 20.3 Å². The number of rotatable bonds is 4. The highest BCUT2D eigenvalue weighted by Gasteiger charge is 2.16. The van der Waals surface area contributed by atoms with E-state index in [0.717, 1.165) is 22.5 Å². The minimum absolute atomic E-state index is 0.105. The Hall–Kier alpha value is -2.97. The lowest BCUT2D eigenvalue weighted by molar-refractivity contribution is 0.0564. The maximum Gasteiger partial charge on any atom is 0.321 e. The van der Waals surface area contributed by atoms with Gasteiger partial charge >= 0.3 is 6.03 Å². The number of benzene rings is 1. The number of carbonyl (C=O) groups excluding carboxylic acids is 1. The summed E-state index contributed by atoms with van der Waals surface area (Å²) in [7, 11) is 0. The molecule has 27 heavy (non-hydrogen) atoms. The average Bonchev–Trinajstić information content (AvgIpc) is 3.26. The third-order valence-corrected chi connectivity index (χ3v) is 4.88. The Labute approximate surface area is 161 Å². The van der Waals surface area contributed by atoms with E-state index in [-0.39, 0.29) is 6.03 Å². The predicted molar refractivity (Wildman–Crippen MR) is 106 cm³/mol. The van der Waals surface area contributed by atoms with E-state index in [0.29, 0.717) is 32.3 Å². The zero-order valence-corrected chi connectivity index (χ0v) is 15.4. The van der Waals surface area contributed by atoms with Crippen molar-refractivity contribution in [2.24, 2.45) is 0 Å². The van der Waals surface area contributed by atoms with E-state index in [4.69, 9.17) is 4.74 Å². The molecule has 0 bridgehead atoms.